The second-order valence-corrected chi connectivity index (χ2v) is 8.33. The maximum Gasteiger partial charge on any atom is 0.409 e. The molecule has 7 nitrogen and oxygen atoms in total. The number of alkyl carbamates (subject to hydrolysis) is 1. The van der Waals surface area contributed by atoms with Crippen molar-refractivity contribution < 1.29 is 33.4 Å². The molecule has 1 rings (SSSR count). The Labute approximate surface area is 171 Å². The van der Waals surface area contributed by atoms with Crippen molar-refractivity contribution in [3.63, 3.8) is 0 Å². The molecular weight excluding hydrogens is 437 g/mol. The van der Waals surface area contributed by atoms with E-state index in [2.05, 4.69) is 21.2 Å². The summed E-state index contributed by atoms with van der Waals surface area (Å²) in [5.74, 6) is -3.44. The van der Waals surface area contributed by atoms with E-state index >= 15 is 0 Å². The molecule has 0 heterocycles. The van der Waals surface area contributed by atoms with E-state index in [0.29, 0.717) is 10.9 Å². The van der Waals surface area contributed by atoms with E-state index < -0.39 is 47.5 Å². The summed E-state index contributed by atoms with van der Waals surface area (Å²) in [6.07, 6.45) is -1.77. The summed E-state index contributed by atoms with van der Waals surface area (Å²) in [6.45, 7) is 8.13. The third-order valence-electron chi connectivity index (χ3n) is 3.70. The van der Waals surface area contributed by atoms with Crippen LogP contribution in [0.4, 0.5) is 9.18 Å². The summed E-state index contributed by atoms with van der Waals surface area (Å²) in [6, 6.07) is 3.72. The Hall–Kier alpha value is -2.16. The van der Waals surface area contributed by atoms with Crippen molar-refractivity contribution in [2.24, 2.45) is 0 Å². The molecule has 0 aliphatic heterocycles. The number of carboxylic acids is 1. The van der Waals surface area contributed by atoms with Crippen molar-refractivity contribution in [1.29, 1.82) is 0 Å². The number of amides is 1. The first-order chi connectivity index (χ1) is 12.8. The molecule has 0 aromatic heterocycles. The molecule has 0 saturated carbocycles. The van der Waals surface area contributed by atoms with E-state index in [0.717, 1.165) is 6.07 Å². The van der Waals surface area contributed by atoms with E-state index in [1.165, 1.54) is 12.1 Å². The highest BCUT2D eigenvalue weighted by atomic mass is 79.9. The van der Waals surface area contributed by atoms with Crippen molar-refractivity contribution >= 4 is 34.0 Å². The molecule has 1 aromatic carbocycles. The molecule has 156 valence electrons. The maximum absolute atomic E-state index is 13.7. The molecule has 9 heteroatoms. The third-order valence-corrected chi connectivity index (χ3v) is 4.16. The van der Waals surface area contributed by atoms with Crippen LogP contribution in [-0.2, 0) is 25.5 Å². The molecule has 1 aromatic rings. The minimum Gasteiger partial charge on any atom is -0.479 e. The normalized spacial score (nSPS) is 14.5. The van der Waals surface area contributed by atoms with Gasteiger partial charge in [0.2, 0.25) is 5.54 Å². The largest absolute Gasteiger partial charge is 0.479 e. The van der Waals surface area contributed by atoms with Gasteiger partial charge in [-0.25, -0.2) is 18.8 Å². The van der Waals surface area contributed by atoms with Crippen LogP contribution in [-0.4, -0.2) is 40.4 Å². The molecule has 1 amide bonds. The standard InChI is InChI=1S/C19H25BrFNO6/c1-6-11(2)27-16(25)19(15(23)24,22-17(26)28-18(3,4)5)10-12-7-13(20)9-14(21)8-12/h7-9,11H,6,10H2,1-5H3,(H,22,26)(H,23,24). The van der Waals surface area contributed by atoms with Crippen LogP contribution in [0.15, 0.2) is 22.7 Å². The summed E-state index contributed by atoms with van der Waals surface area (Å²) in [5, 5.41) is 12.0. The Morgan fingerprint density at radius 3 is 2.32 bits per heavy atom. The second-order valence-electron chi connectivity index (χ2n) is 7.42. The van der Waals surface area contributed by atoms with E-state index in [1.54, 1.807) is 34.6 Å². The van der Waals surface area contributed by atoms with E-state index in [1.807, 2.05) is 0 Å². The monoisotopic (exact) mass is 461 g/mol. The lowest BCUT2D eigenvalue weighted by atomic mass is 9.90. The Morgan fingerprint density at radius 2 is 1.86 bits per heavy atom. The van der Waals surface area contributed by atoms with Crippen LogP contribution in [0.5, 0.6) is 0 Å². The van der Waals surface area contributed by atoms with Crippen LogP contribution in [0.3, 0.4) is 0 Å². The van der Waals surface area contributed by atoms with Gasteiger partial charge in [-0.1, -0.05) is 22.9 Å². The van der Waals surface area contributed by atoms with Crippen molar-refractivity contribution in [3.05, 3.63) is 34.1 Å². The molecular formula is C19H25BrFNO6. The number of aliphatic carboxylic acids is 1. The van der Waals surface area contributed by atoms with Crippen molar-refractivity contribution in [2.75, 3.05) is 0 Å². The Bertz CT molecular complexity index is 728. The zero-order valence-corrected chi connectivity index (χ0v) is 18.1. The molecule has 2 N–H and O–H groups in total. The van der Waals surface area contributed by atoms with Gasteiger partial charge in [-0.05, 0) is 57.9 Å². The number of esters is 1. The van der Waals surface area contributed by atoms with Crippen LogP contribution in [0, 0.1) is 5.82 Å². The highest BCUT2D eigenvalue weighted by Gasteiger charge is 2.51. The summed E-state index contributed by atoms with van der Waals surface area (Å²) in [7, 11) is 0. The van der Waals surface area contributed by atoms with Crippen LogP contribution in [0.2, 0.25) is 0 Å². The Morgan fingerprint density at radius 1 is 1.25 bits per heavy atom. The van der Waals surface area contributed by atoms with E-state index in [4.69, 9.17) is 9.47 Å². The highest BCUT2D eigenvalue weighted by Crippen LogP contribution is 2.23. The fourth-order valence-corrected chi connectivity index (χ4v) is 2.76. The Kier molecular flexibility index (Phi) is 7.98. The lowest BCUT2D eigenvalue weighted by Crippen LogP contribution is -2.63. The first-order valence-corrected chi connectivity index (χ1v) is 9.49. The Balaban J connectivity index is 3.37. The number of hydrogen-bond donors (Lipinski definition) is 2. The van der Waals surface area contributed by atoms with E-state index in [-0.39, 0.29) is 5.56 Å². The number of carboxylic acid groups (broad SMARTS) is 1. The lowest BCUT2D eigenvalue weighted by Gasteiger charge is -2.31. The predicted octanol–water partition coefficient (Wildman–Crippen LogP) is 3.82. The molecule has 2 atom stereocenters. The first kappa shape index (κ1) is 23.9. The number of carbonyl (C=O) groups is 3. The second kappa shape index (κ2) is 9.36. The number of hydrogen-bond acceptors (Lipinski definition) is 5. The molecule has 0 aliphatic rings. The van der Waals surface area contributed by atoms with Gasteiger partial charge in [-0.15, -0.1) is 0 Å². The first-order valence-electron chi connectivity index (χ1n) is 8.69. The van der Waals surface area contributed by atoms with Crippen molar-refractivity contribution in [1.82, 2.24) is 5.32 Å². The predicted molar refractivity (Wildman–Crippen MR) is 103 cm³/mol. The quantitative estimate of drug-likeness (QED) is 0.472. The molecule has 0 bridgehead atoms. The van der Waals surface area contributed by atoms with Crippen LogP contribution < -0.4 is 5.32 Å². The minimum atomic E-state index is -2.49. The van der Waals surface area contributed by atoms with Crippen LogP contribution in [0.1, 0.15) is 46.6 Å². The third kappa shape index (κ3) is 6.78. The molecule has 2 unspecified atom stereocenters. The smallest absolute Gasteiger partial charge is 0.409 e. The number of rotatable bonds is 7. The van der Waals surface area contributed by atoms with Gasteiger partial charge in [0.25, 0.3) is 0 Å². The van der Waals surface area contributed by atoms with Gasteiger partial charge >= 0.3 is 18.0 Å². The number of carbonyl (C=O) groups excluding carboxylic acids is 2. The lowest BCUT2D eigenvalue weighted by molar-refractivity contribution is -0.166. The van der Waals surface area contributed by atoms with Gasteiger partial charge in [0.05, 0.1) is 6.10 Å². The van der Waals surface area contributed by atoms with Crippen molar-refractivity contribution in [2.45, 2.75) is 64.7 Å². The zero-order valence-electron chi connectivity index (χ0n) is 16.5. The van der Waals surface area contributed by atoms with Gasteiger partial charge in [-0.3, -0.25) is 5.32 Å². The summed E-state index contributed by atoms with van der Waals surface area (Å²) < 4.78 is 24.4. The summed E-state index contributed by atoms with van der Waals surface area (Å²) in [4.78, 5) is 37.2. The highest BCUT2D eigenvalue weighted by molar-refractivity contribution is 9.10. The number of ether oxygens (including phenoxy) is 2. The van der Waals surface area contributed by atoms with Gasteiger partial charge in [-0.2, -0.15) is 0 Å². The maximum atomic E-state index is 13.7. The average Bonchev–Trinajstić information content (AvgIpc) is 2.50. The van der Waals surface area contributed by atoms with Gasteiger partial charge in [0, 0.05) is 10.9 Å². The molecule has 0 aliphatic carbocycles. The number of benzene rings is 1. The van der Waals surface area contributed by atoms with Gasteiger partial charge in [0.1, 0.15) is 11.4 Å². The minimum absolute atomic E-state index is 0.173. The number of halogens is 2. The molecule has 0 saturated heterocycles. The van der Waals surface area contributed by atoms with Gasteiger partial charge < -0.3 is 14.6 Å². The van der Waals surface area contributed by atoms with Crippen molar-refractivity contribution in [3.8, 4) is 0 Å². The number of nitrogens with one attached hydrogen (secondary N) is 1. The van der Waals surface area contributed by atoms with E-state index in [9.17, 15) is 23.9 Å². The fourth-order valence-electron chi connectivity index (χ4n) is 2.25. The topological polar surface area (TPSA) is 102 Å². The van der Waals surface area contributed by atoms with Gasteiger partial charge in [0.15, 0.2) is 0 Å². The SMILES string of the molecule is CCC(C)OC(=O)C(Cc1cc(F)cc(Br)c1)(NC(=O)OC(C)(C)C)C(=O)O. The summed E-state index contributed by atoms with van der Waals surface area (Å²) in [5.41, 5.74) is -3.23. The molecule has 0 fully saturated rings. The molecule has 0 radical (unpaired) electrons. The fraction of sp³-hybridized carbons (Fsp3) is 0.526. The average molecular weight is 462 g/mol. The summed E-state index contributed by atoms with van der Waals surface area (Å²) >= 11 is 3.12. The van der Waals surface area contributed by atoms with Crippen LogP contribution >= 0.6 is 15.9 Å². The molecule has 28 heavy (non-hydrogen) atoms. The zero-order chi connectivity index (χ0) is 21.7. The van der Waals surface area contributed by atoms with Crippen LogP contribution in [0.25, 0.3) is 0 Å². The molecule has 0 spiro atoms.